The molecular formula is C11H11BrFN. The molecule has 0 heterocycles. The third-order valence-corrected chi connectivity index (χ3v) is 2.21. The average Bonchev–Trinajstić information content (AvgIpc) is 2.15. The Bertz CT molecular complexity index is 365. The molecule has 0 spiro atoms. The van der Waals surface area contributed by atoms with Gasteiger partial charge in [-0.2, -0.15) is 0 Å². The van der Waals surface area contributed by atoms with Crippen LogP contribution in [0.4, 0.5) is 4.39 Å². The van der Waals surface area contributed by atoms with Crippen LogP contribution in [0.25, 0.3) is 0 Å². The molecule has 0 aliphatic rings. The van der Waals surface area contributed by atoms with Crippen molar-refractivity contribution in [1.82, 2.24) is 5.32 Å². The van der Waals surface area contributed by atoms with E-state index in [1.165, 1.54) is 6.07 Å². The quantitative estimate of drug-likeness (QED) is 0.647. The number of benzene rings is 1. The minimum atomic E-state index is -0.198. The van der Waals surface area contributed by atoms with E-state index in [1.807, 2.05) is 6.07 Å². The number of rotatable bonds is 3. The Labute approximate surface area is 91.8 Å². The first kappa shape index (κ1) is 11.2. The van der Waals surface area contributed by atoms with E-state index in [9.17, 15) is 4.39 Å². The number of hydrogen-bond acceptors (Lipinski definition) is 1. The molecule has 0 aliphatic heterocycles. The molecule has 0 amide bonds. The lowest BCUT2D eigenvalue weighted by Gasteiger charge is -2.03. The maximum absolute atomic E-state index is 13.3. The van der Waals surface area contributed by atoms with E-state index < -0.39 is 0 Å². The first-order chi connectivity index (χ1) is 6.74. The van der Waals surface area contributed by atoms with E-state index in [-0.39, 0.29) is 5.82 Å². The summed E-state index contributed by atoms with van der Waals surface area (Å²) in [5.74, 6) is 5.42. The SMILES string of the molecule is CC#CCNCc1ccc(Br)cc1F. The predicted molar refractivity (Wildman–Crippen MR) is 59.3 cm³/mol. The van der Waals surface area contributed by atoms with Crippen molar-refractivity contribution >= 4 is 15.9 Å². The highest BCUT2D eigenvalue weighted by Crippen LogP contribution is 2.14. The van der Waals surface area contributed by atoms with E-state index in [4.69, 9.17) is 0 Å². The summed E-state index contributed by atoms with van der Waals surface area (Å²) in [4.78, 5) is 0. The van der Waals surface area contributed by atoms with Crippen molar-refractivity contribution in [3.63, 3.8) is 0 Å². The molecular weight excluding hydrogens is 245 g/mol. The molecule has 1 aromatic carbocycles. The van der Waals surface area contributed by atoms with Gasteiger partial charge in [0.15, 0.2) is 0 Å². The lowest BCUT2D eigenvalue weighted by atomic mass is 10.2. The van der Waals surface area contributed by atoms with Gasteiger partial charge in [0.2, 0.25) is 0 Å². The fraction of sp³-hybridized carbons (Fsp3) is 0.273. The lowest BCUT2D eigenvalue weighted by molar-refractivity contribution is 0.596. The molecule has 14 heavy (non-hydrogen) atoms. The first-order valence-electron chi connectivity index (χ1n) is 4.28. The first-order valence-corrected chi connectivity index (χ1v) is 5.07. The molecule has 1 aromatic rings. The van der Waals surface area contributed by atoms with Crippen molar-refractivity contribution in [3.8, 4) is 11.8 Å². The van der Waals surface area contributed by atoms with Crippen molar-refractivity contribution in [3.05, 3.63) is 34.1 Å². The standard InChI is InChI=1S/C11H11BrFN/c1-2-3-6-14-8-9-4-5-10(12)7-11(9)13/h4-5,7,14H,6,8H2,1H3. The molecule has 0 saturated carbocycles. The summed E-state index contributed by atoms with van der Waals surface area (Å²) < 4.78 is 14.0. The largest absolute Gasteiger partial charge is 0.302 e. The van der Waals surface area contributed by atoms with Gasteiger partial charge in [-0.25, -0.2) is 4.39 Å². The average molecular weight is 256 g/mol. The summed E-state index contributed by atoms with van der Waals surface area (Å²) >= 11 is 3.21. The second kappa shape index (κ2) is 5.79. The van der Waals surface area contributed by atoms with Crippen LogP contribution >= 0.6 is 15.9 Å². The van der Waals surface area contributed by atoms with E-state index in [0.717, 1.165) is 4.47 Å². The van der Waals surface area contributed by atoms with Crippen molar-refractivity contribution in [1.29, 1.82) is 0 Å². The van der Waals surface area contributed by atoms with Crippen molar-refractivity contribution in [2.24, 2.45) is 0 Å². The van der Waals surface area contributed by atoms with Gasteiger partial charge in [0.25, 0.3) is 0 Å². The number of nitrogens with one attached hydrogen (secondary N) is 1. The zero-order valence-electron chi connectivity index (χ0n) is 7.90. The molecule has 1 N–H and O–H groups in total. The summed E-state index contributed by atoms with van der Waals surface area (Å²) in [7, 11) is 0. The summed E-state index contributed by atoms with van der Waals surface area (Å²) in [6.07, 6.45) is 0. The van der Waals surface area contributed by atoms with Gasteiger partial charge in [-0.15, -0.1) is 5.92 Å². The third-order valence-electron chi connectivity index (χ3n) is 1.72. The van der Waals surface area contributed by atoms with Gasteiger partial charge in [0.05, 0.1) is 6.54 Å². The van der Waals surface area contributed by atoms with Crippen molar-refractivity contribution < 1.29 is 4.39 Å². The fourth-order valence-electron chi connectivity index (χ4n) is 1.01. The molecule has 1 rings (SSSR count). The Morgan fingerprint density at radius 1 is 1.50 bits per heavy atom. The fourth-order valence-corrected chi connectivity index (χ4v) is 1.35. The van der Waals surface area contributed by atoms with Crippen LogP contribution in [0.2, 0.25) is 0 Å². The predicted octanol–water partition coefficient (Wildman–Crippen LogP) is 2.70. The van der Waals surface area contributed by atoms with Crippen LogP contribution in [0.15, 0.2) is 22.7 Å². The number of hydrogen-bond donors (Lipinski definition) is 1. The molecule has 0 aromatic heterocycles. The summed E-state index contributed by atoms with van der Waals surface area (Å²) in [6, 6.07) is 5.04. The summed E-state index contributed by atoms with van der Waals surface area (Å²) in [5.41, 5.74) is 0.658. The summed E-state index contributed by atoms with van der Waals surface area (Å²) in [5, 5.41) is 3.03. The highest BCUT2D eigenvalue weighted by atomic mass is 79.9. The van der Waals surface area contributed by atoms with Gasteiger partial charge in [-0.05, 0) is 19.1 Å². The third kappa shape index (κ3) is 3.49. The van der Waals surface area contributed by atoms with Gasteiger partial charge in [0.1, 0.15) is 5.82 Å². The molecule has 3 heteroatoms. The monoisotopic (exact) mass is 255 g/mol. The van der Waals surface area contributed by atoms with E-state index >= 15 is 0 Å². The lowest BCUT2D eigenvalue weighted by Crippen LogP contribution is -2.14. The van der Waals surface area contributed by atoms with E-state index in [2.05, 4.69) is 33.1 Å². The maximum Gasteiger partial charge on any atom is 0.128 e. The van der Waals surface area contributed by atoms with Crippen LogP contribution in [0, 0.1) is 17.7 Å². The molecule has 0 saturated heterocycles. The van der Waals surface area contributed by atoms with Crippen LogP contribution in [0.5, 0.6) is 0 Å². The van der Waals surface area contributed by atoms with Crippen LogP contribution in [0.1, 0.15) is 12.5 Å². The molecule has 74 valence electrons. The van der Waals surface area contributed by atoms with Gasteiger partial charge < -0.3 is 5.32 Å². The topological polar surface area (TPSA) is 12.0 Å². The second-order valence-corrected chi connectivity index (χ2v) is 3.68. The molecule has 0 bridgehead atoms. The van der Waals surface area contributed by atoms with Gasteiger partial charge in [-0.1, -0.05) is 27.9 Å². The minimum Gasteiger partial charge on any atom is -0.302 e. The Kier molecular flexibility index (Phi) is 4.64. The zero-order valence-corrected chi connectivity index (χ0v) is 9.49. The smallest absolute Gasteiger partial charge is 0.128 e. The van der Waals surface area contributed by atoms with Crippen LogP contribution in [0.3, 0.4) is 0 Å². The van der Waals surface area contributed by atoms with Crippen LogP contribution < -0.4 is 5.32 Å². The Morgan fingerprint density at radius 3 is 2.93 bits per heavy atom. The molecule has 0 atom stereocenters. The molecule has 1 nitrogen and oxygen atoms in total. The van der Waals surface area contributed by atoms with Gasteiger partial charge in [-0.3, -0.25) is 0 Å². The maximum atomic E-state index is 13.3. The normalized spacial score (nSPS) is 9.36. The Hall–Kier alpha value is -0.850. The molecule has 0 radical (unpaired) electrons. The van der Waals surface area contributed by atoms with Crippen molar-refractivity contribution in [2.45, 2.75) is 13.5 Å². The van der Waals surface area contributed by atoms with E-state index in [1.54, 1.807) is 13.0 Å². The molecule has 0 fully saturated rings. The Balaban J connectivity index is 2.53. The summed E-state index contributed by atoms with van der Waals surface area (Å²) in [6.45, 7) is 2.88. The number of halogens is 2. The van der Waals surface area contributed by atoms with E-state index in [0.29, 0.717) is 18.7 Å². The molecule has 0 aliphatic carbocycles. The molecule has 0 unspecified atom stereocenters. The van der Waals surface area contributed by atoms with Crippen LogP contribution in [-0.2, 0) is 6.54 Å². The Morgan fingerprint density at radius 2 is 2.29 bits per heavy atom. The second-order valence-electron chi connectivity index (χ2n) is 2.77. The van der Waals surface area contributed by atoms with Gasteiger partial charge in [0, 0.05) is 16.6 Å². The van der Waals surface area contributed by atoms with Crippen LogP contribution in [-0.4, -0.2) is 6.54 Å². The highest BCUT2D eigenvalue weighted by molar-refractivity contribution is 9.10. The highest BCUT2D eigenvalue weighted by Gasteiger charge is 2.00. The zero-order chi connectivity index (χ0) is 10.4. The van der Waals surface area contributed by atoms with Crippen molar-refractivity contribution in [2.75, 3.05) is 6.54 Å². The minimum absolute atomic E-state index is 0.198. The van der Waals surface area contributed by atoms with Gasteiger partial charge >= 0.3 is 0 Å².